The molecule has 0 saturated carbocycles. The van der Waals surface area contributed by atoms with E-state index >= 15 is 0 Å². The summed E-state index contributed by atoms with van der Waals surface area (Å²) < 4.78 is 0. The van der Waals surface area contributed by atoms with Crippen molar-refractivity contribution >= 4 is 5.69 Å². The first-order valence-electron chi connectivity index (χ1n) is 8.28. The number of hydrogen-bond acceptors (Lipinski definition) is 3. The van der Waals surface area contributed by atoms with E-state index in [0.717, 1.165) is 30.4 Å². The predicted molar refractivity (Wildman–Crippen MR) is 86.6 cm³/mol. The van der Waals surface area contributed by atoms with E-state index in [2.05, 4.69) is 28.9 Å². The average Bonchev–Trinajstić information content (AvgIpc) is 2.55. The van der Waals surface area contributed by atoms with Gasteiger partial charge >= 0.3 is 0 Å². The third kappa shape index (κ3) is 3.06. The number of nitrogens with zero attached hydrogens (tertiary/aromatic N) is 3. The van der Waals surface area contributed by atoms with Crippen molar-refractivity contribution in [2.45, 2.75) is 45.1 Å². The third-order valence-corrected chi connectivity index (χ3v) is 5.05. The Morgan fingerprint density at radius 2 is 1.76 bits per heavy atom. The van der Waals surface area contributed by atoms with Gasteiger partial charge in [0.1, 0.15) is 6.07 Å². The van der Waals surface area contributed by atoms with Crippen molar-refractivity contribution in [2.75, 3.05) is 31.1 Å². The Hall–Kier alpha value is -1.53. The SMILES string of the molecule is Cc1cccc(C#N)c1N1CCC(N2CCCCC2)CC1. The van der Waals surface area contributed by atoms with Crippen molar-refractivity contribution in [2.24, 2.45) is 0 Å². The molecule has 0 N–H and O–H groups in total. The summed E-state index contributed by atoms with van der Waals surface area (Å²) in [7, 11) is 0. The van der Waals surface area contributed by atoms with Gasteiger partial charge in [0.2, 0.25) is 0 Å². The molecule has 2 fully saturated rings. The van der Waals surface area contributed by atoms with E-state index in [4.69, 9.17) is 0 Å². The number of rotatable bonds is 2. The van der Waals surface area contributed by atoms with E-state index in [1.807, 2.05) is 12.1 Å². The second-order valence-electron chi connectivity index (χ2n) is 6.40. The van der Waals surface area contributed by atoms with Crippen LogP contribution in [-0.4, -0.2) is 37.1 Å². The van der Waals surface area contributed by atoms with Gasteiger partial charge < -0.3 is 9.80 Å². The molecule has 0 unspecified atom stereocenters. The van der Waals surface area contributed by atoms with Gasteiger partial charge in [-0.05, 0) is 57.3 Å². The lowest BCUT2D eigenvalue weighted by molar-refractivity contribution is 0.141. The molecule has 0 atom stereocenters. The zero-order valence-corrected chi connectivity index (χ0v) is 13.0. The van der Waals surface area contributed by atoms with Crippen LogP contribution in [0.1, 0.15) is 43.2 Å². The highest BCUT2D eigenvalue weighted by Crippen LogP contribution is 2.29. The number of para-hydroxylation sites is 1. The second kappa shape index (κ2) is 6.49. The summed E-state index contributed by atoms with van der Waals surface area (Å²) in [6.45, 7) is 6.87. The van der Waals surface area contributed by atoms with E-state index < -0.39 is 0 Å². The lowest BCUT2D eigenvalue weighted by Crippen LogP contribution is -2.47. The molecule has 2 saturated heterocycles. The fourth-order valence-corrected chi connectivity index (χ4v) is 3.91. The Morgan fingerprint density at radius 1 is 1.05 bits per heavy atom. The van der Waals surface area contributed by atoms with Gasteiger partial charge in [0.25, 0.3) is 0 Å². The van der Waals surface area contributed by atoms with Crippen LogP contribution < -0.4 is 4.90 Å². The van der Waals surface area contributed by atoms with Gasteiger partial charge in [0.05, 0.1) is 11.3 Å². The minimum atomic E-state index is 0.760. The van der Waals surface area contributed by atoms with Crippen LogP contribution in [0.25, 0.3) is 0 Å². The molecule has 3 nitrogen and oxygen atoms in total. The van der Waals surface area contributed by atoms with Gasteiger partial charge in [-0.3, -0.25) is 0 Å². The first-order valence-corrected chi connectivity index (χ1v) is 8.28. The van der Waals surface area contributed by atoms with Gasteiger partial charge in [0.15, 0.2) is 0 Å². The van der Waals surface area contributed by atoms with Gasteiger partial charge in [-0.1, -0.05) is 18.6 Å². The summed E-state index contributed by atoms with van der Waals surface area (Å²) in [4.78, 5) is 5.12. The number of likely N-dealkylation sites (tertiary alicyclic amines) is 1. The number of benzene rings is 1. The highest BCUT2D eigenvalue weighted by Gasteiger charge is 2.26. The molecule has 112 valence electrons. The minimum Gasteiger partial charge on any atom is -0.370 e. The molecule has 21 heavy (non-hydrogen) atoms. The van der Waals surface area contributed by atoms with Crippen molar-refractivity contribution in [1.29, 1.82) is 5.26 Å². The summed E-state index contributed by atoms with van der Waals surface area (Å²) in [6, 6.07) is 9.16. The number of hydrogen-bond donors (Lipinski definition) is 0. The van der Waals surface area contributed by atoms with Gasteiger partial charge in [-0.15, -0.1) is 0 Å². The average molecular weight is 283 g/mol. The number of nitriles is 1. The molecule has 2 heterocycles. The lowest BCUT2D eigenvalue weighted by Gasteiger charge is -2.41. The normalized spacial score (nSPS) is 21.2. The monoisotopic (exact) mass is 283 g/mol. The molecule has 3 heteroatoms. The molecule has 1 aromatic rings. The Bertz CT molecular complexity index is 518. The predicted octanol–water partition coefficient (Wildman–Crippen LogP) is 3.32. The van der Waals surface area contributed by atoms with Crippen molar-refractivity contribution < 1.29 is 0 Å². The van der Waals surface area contributed by atoms with Crippen molar-refractivity contribution in [1.82, 2.24) is 4.90 Å². The maximum absolute atomic E-state index is 9.34. The topological polar surface area (TPSA) is 30.3 Å². The lowest BCUT2D eigenvalue weighted by atomic mass is 9.98. The zero-order chi connectivity index (χ0) is 14.7. The van der Waals surface area contributed by atoms with Crippen LogP contribution in [0.15, 0.2) is 18.2 Å². The number of anilines is 1. The van der Waals surface area contributed by atoms with E-state index in [-0.39, 0.29) is 0 Å². The van der Waals surface area contributed by atoms with Crippen LogP contribution in [0.3, 0.4) is 0 Å². The fourth-order valence-electron chi connectivity index (χ4n) is 3.91. The maximum Gasteiger partial charge on any atom is 0.101 e. The molecule has 0 aromatic heterocycles. The molecule has 0 bridgehead atoms. The van der Waals surface area contributed by atoms with E-state index in [9.17, 15) is 5.26 Å². The number of aryl methyl sites for hydroxylation is 1. The summed E-state index contributed by atoms with van der Waals surface area (Å²) in [5, 5.41) is 9.34. The van der Waals surface area contributed by atoms with E-state index in [1.54, 1.807) is 0 Å². The molecule has 0 aliphatic carbocycles. The molecular formula is C18H25N3. The molecule has 3 rings (SSSR count). The maximum atomic E-state index is 9.34. The summed E-state index contributed by atoms with van der Waals surface area (Å²) in [6.07, 6.45) is 6.62. The first kappa shape index (κ1) is 14.4. The summed E-state index contributed by atoms with van der Waals surface area (Å²) in [5.74, 6) is 0. The largest absolute Gasteiger partial charge is 0.370 e. The summed E-state index contributed by atoms with van der Waals surface area (Å²) >= 11 is 0. The highest BCUT2D eigenvalue weighted by molar-refractivity contribution is 5.64. The van der Waals surface area contributed by atoms with Gasteiger partial charge in [-0.2, -0.15) is 5.26 Å². The Labute approximate surface area is 128 Å². The molecule has 2 aliphatic heterocycles. The van der Waals surface area contributed by atoms with Crippen LogP contribution >= 0.6 is 0 Å². The standard InChI is InChI=1S/C18H25N3/c1-15-6-5-7-16(14-19)18(15)21-12-8-17(9-13-21)20-10-3-2-4-11-20/h5-7,17H,2-4,8-13H2,1H3. The minimum absolute atomic E-state index is 0.760. The van der Waals surface area contributed by atoms with Crippen LogP contribution in [0, 0.1) is 18.3 Å². The Balaban J connectivity index is 1.67. The summed E-state index contributed by atoms with van der Waals surface area (Å²) in [5.41, 5.74) is 3.22. The smallest absolute Gasteiger partial charge is 0.101 e. The van der Waals surface area contributed by atoms with Crippen molar-refractivity contribution in [3.05, 3.63) is 29.3 Å². The van der Waals surface area contributed by atoms with Crippen LogP contribution in [-0.2, 0) is 0 Å². The van der Waals surface area contributed by atoms with Crippen LogP contribution in [0.5, 0.6) is 0 Å². The van der Waals surface area contributed by atoms with Crippen LogP contribution in [0.2, 0.25) is 0 Å². The van der Waals surface area contributed by atoms with E-state index in [0.29, 0.717) is 0 Å². The highest BCUT2D eigenvalue weighted by atomic mass is 15.2. The molecule has 0 spiro atoms. The molecule has 0 radical (unpaired) electrons. The van der Waals surface area contributed by atoms with Gasteiger partial charge in [-0.25, -0.2) is 0 Å². The first-order chi connectivity index (χ1) is 10.3. The molecule has 1 aromatic carbocycles. The molecular weight excluding hydrogens is 258 g/mol. The van der Waals surface area contributed by atoms with E-state index in [1.165, 1.54) is 50.8 Å². The van der Waals surface area contributed by atoms with Crippen LogP contribution in [0.4, 0.5) is 5.69 Å². The third-order valence-electron chi connectivity index (χ3n) is 5.05. The molecule has 0 amide bonds. The van der Waals surface area contributed by atoms with Crippen molar-refractivity contribution in [3.63, 3.8) is 0 Å². The quantitative estimate of drug-likeness (QED) is 0.834. The Morgan fingerprint density at radius 3 is 2.43 bits per heavy atom. The Kier molecular flexibility index (Phi) is 4.45. The van der Waals surface area contributed by atoms with Crippen molar-refractivity contribution in [3.8, 4) is 6.07 Å². The number of piperidine rings is 2. The second-order valence-corrected chi connectivity index (χ2v) is 6.40. The molecule has 2 aliphatic rings. The zero-order valence-electron chi connectivity index (χ0n) is 13.0. The fraction of sp³-hybridized carbons (Fsp3) is 0.611. The van der Waals surface area contributed by atoms with Gasteiger partial charge in [0, 0.05) is 19.1 Å².